The normalized spacial score (nSPS) is 14.4. The highest BCUT2D eigenvalue weighted by molar-refractivity contribution is 5.88. The second-order valence-corrected chi connectivity index (χ2v) is 7.36. The molecule has 0 spiro atoms. The van der Waals surface area contributed by atoms with E-state index < -0.39 is 12.1 Å². The Kier molecular flexibility index (Phi) is 3.91. The molecule has 0 saturated heterocycles. The van der Waals surface area contributed by atoms with E-state index in [0.717, 1.165) is 16.8 Å². The summed E-state index contributed by atoms with van der Waals surface area (Å²) in [6.07, 6.45) is -0.445. The first-order chi connectivity index (χ1) is 14.0. The molecule has 1 aromatic heterocycles. The highest BCUT2D eigenvalue weighted by Crippen LogP contribution is 2.44. The van der Waals surface area contributed by atoms with Gasteiger partial charge in [-0.2, -0.15) is 5.10 Å². The number of carbonyl (C=O) groups is 2. The first-order valence-electron chi connectivity index (χ1n) is 9.42. The second kappa shape index (κ2) is 6.48. The van der Waals surface area contributed by atoms with Crippen LogP contribution in [0.3, 0.4) is 0 Å². The predicted molar refractivity (Wildman–Crippen MR) is 104 cm³/mol. The number of aromatic carboxylic acids is 1. The molecule has 2 heterocycles. The molecule has 1 amide bonds. The van der Waals surface area contributed by atoms with Crippen LogP contribution in [-0.2, 0) is 24.9 Å². The van der Waals surface area contributed by atoms with Crippen LogP contribution in [0.5, 0.6) is 0 Å². The SMILES string of the molecule is Cn1nc(C(=O)O)c2c1CN(C(=O)OCC1c3ccccc3-c3ccccc31)C2. The third-order valence-corrected chi connectivity index (χ3v) is 5.76. The number of nitrogens with zero attached hydrogens (tertiary/aromatic N) is 3. The van der Waals surface area contributed by atoms with Gasteiger partial charge in [-0.3, -0.25) is 9.58 Å². The molecule has 29 heavy (non-hydrogen) atoms. The molecule has 7 nitrogen and oxygen atoms in total. The van der Waals surface area contributed by atoms with Crippen LogP contribution in [0.25, 0.3) is 11.1 Å². The predicted octanol–water partition coefficient (Wildman–Crippen LogP) is 3.38. The maximum atomic E-state index is 12.7. The standard InChI is InChI=1S/C22H19N3O4/c1-24-19-11-25(10-17(19)20(23-24)21(26)27)22(28)29-12-18-15-8-4-2-6-13(15)14-7-3-5-9-16(14)18/h2-9,18H,10-12H2,1H3,(H,26,27). The molecule has 7 heteroatoms. The number of rotatable bonds is 3. The van der Waals surface area contributed by atoms with Crippen LogP contribution in [-0.4, -0.2) is 38.5 Å². The Balaban J connectivity index is 1.33. The van der Waals surface area contributed by atoms with E-state index in [1.54, 1.807) is 7.05 Å². The van der Waals surface area contributed by atoms with Gasteiger partial charge in [-0.1, -0.05) is 48.5 Å². The van der Waals surface area contributed by atoms with E-state index >= 15 is 0 Å². The van der Waals surface area contributed by atoms with E-state index in [9.17, 15) is 14.7 Å². The van der Waals surface area contributed by atoms with Gasteiger partial charge < -0.3 is 9.84 Å². The van der Waals surface area contributed by atoms with Crippen molar-refractivity contribution < 1.29 is 19.4 Å². The molecule has 1 aliphatic carbocycles. The molecule has 2 aromatic carbocycles. The van der Waals surface area contributed by atoms with Gasteiger partial charge in [0.1, 0.15) is 6.61 Å². The van der Waals surface area contributed by atoms with Crippen molar-refractivity contribution in [1.82, 2.24) is 14.7 Å². The number of ether oxygens (including phenoxy) is 1. The quantitative estimate of drug-likeness (QED) is 0.742. The van der Waals surface area contributed by atoms with E-state index in [4.69, 9.17) is 4.74 Å². The molecule has 0 fully saturated rings. The molecule has 146 valence electrons. The fraction of sp³-hybridized carbons (Fsp3) is 0.227. The summed E-state index contributed by atoms with van der Waals surface area (Å²) < 4.78 is 7.20. The number of hydrogen-bond donors (Lipinski definition) is 1. The summed E-state index contributed by atoms with van der Waals surface area (Å²) in [5.41, 5.74) is 5.97. The van der Waals surface area contributed by atoms with Gasteiger partial charge in [-0.05, 0) is 22.3 Å². The van der Waals surface area contributed by atoms with Crippen molar-refractivity contribution in [2.24, 2.45) is 7.05 Å². The zero-order valence-corrected chi connectivity index (χ0v) is 15.8. The number of aryl methyl sites for hydroxylation is 1. The lowest BCUT2D eigenvalue weighted by atomic mass is 9.98. The van der Waals surface area contributed by atoms with Crippen molar-refractivity contribution in [3.05, 3.63) is 76.6 Å². The summed E-state index contributed by atoms with van der Waals surface area (Å²) in [6.45, 7) is 0.730. The molecule has 5 rings (SSSR count). The monoisotopic (exact) mass is 389 g/mol. The molecular weight excluding hydrogens is 370 g/mol. The highest BCUT2D eigenvalue weighted by Gasteiger charge is 2.34. The summed E-state index contributed by atoms with van der Waals surface area (Å²) in [7, 11) is 1.69. The van der Waals surface area contributed by atoms with Crippen molar-refractivity contribution in [1.29, 1.82) is 0 Å². The number of benzene rings is 2. The van der Waals surface area contributed by atoms with Gasteiger partial charge in [0.05, 0.1) is 18.8 Å². The lowest BCUT2D eigenvalue weighted by Gasteiger charge is -2.19. The first-order valence-corrected chi connectivity index (χ1v) is 9.42. The summed E-state index contributed by atoms with van der Waals surface area (Å²) in [4.78, 5) is 25.6. The molecular formula is C22H19N3O4. The van der Waals surface area contributed by atoms with Gasteiger partial charge >= 0.3 is 12.1 Å². The van der Waals surface area contributed by atoms with Crippen molar-refractivity contribution in [2.45, 2.75) is 19.0 Å². The van der Waals surface area contributed by atoms with Crippen LogP contribution in [0.15, 0.2) is 48.5 Å². The number of fused-ring (bicyclic) bond motifs is 4. The summed E-state index contributed by atoms with van der Waals surface area (Å²) in [5.74, 6) is -1.09. The number of carbonyl (C=O) groups excluding carboxylic acids is 1. The van der Waals surface area contributed by atoms with Gasteiger partial charge in [-0.15, -0.1) is 0 Å². The Morgan fingerprint density at radius 3 is 2.31 bits per heavy atom. The molecule has 0 unspecified atom stereocenters. The van der Waals surface area contributed by atoms with E-state index in [2.05, 4.69) is 29.4 Å². The Morgan fingerprint density at radius 1 is 1.07 bits per heavy atom. The maximum Gasteiger partial charge on any atom is 0.410 e. The molecule has 0 saturated carbocycles. The van der Waals surface area contributed by atoms with Crippen LogP contribution >= 0.6 is 0 Å². The van der Waals surface area contributed by atoms with Gasteiger partial charge in [0.2, 0.25) is 0 Å². The number of carboxylic acid groups (broad SMARTS) is 1. The average Bonchev–Trinajstić information content (AvgIpc) is 3.38. The van der Waals surface area contributed by atoms with Crippen LogP contribution in [0.2, 0.25) is 0 Å². The summed E-state index contributed by atoms with van der Waals surface area (Å²) >= 11 is 0. The van der Waals surface area contributed by atoms with Crippen LogP contribution in [0.1, 0.15) is 38.8 Å². The Hall–Kier alpha value is -3.61. The minimum absolute atomic E-state index is 0.00329. The third-order valence-electron chi connectivity index (χ3n) is 5.76. The Bertz CT molecular complexity index is 1110. The number of carboxylic acids is 1. The zero-order chi connectivity index (χ0) is 20.1. The van der Waals surface area contributed by atoms with Crippen LogP contribution < -0.4 is 0 Å². The van der Waals surface area contributed by atoms with Crippen molar-refractivity contribution in [2.75, 3.05) is 6.61 Å². The van der Waals surface area contributed by atoms with E-state index in [-0.39, 0.29) is 24.8 Å². The third kappa shape index (κ3) is 2.69. The molecule has 0 radical (unpaired) electrons. The molecule has 2 aliphatic rings. The lowest BCUT2D eigenvalue weighted by molar-refractivity contribution is 0.0684. The number of aromatic nitrogens is 2. The lowest BCUT2D eigenvalue weighted by Crippen LogP contribution is -2.28. The minimum Gasteiger partial charge on any atom is -0.476 e. The number of hydrogen-bond acceptors (Lipinski definition) is 4. The average molecular weight is 389 g/mol. The second-order valence-electron chi connectivity index (χ2n) is 7.36. The molecule has 0 atom stereocenters. The van der Waals surface area contributed by atoms with Gasteiger partial charge in [0.15, 0.2) is 5.69 Å². The largest absolute Gasteiger partial charge is 0.476 e. The Labute approximate surface area is 167 Å². The number of amides is 1. The molecule has 3 aromatic rings. The minimum atomic E-state index is -1.09. The summed E-state index contributed by atoms with van der Waals surface area (Å²) in [6, 6.07) is 16.4. The highest BCUT2D eigenvalue weighted by atomic mass is 16.6. The molecule has 1 aliphatic heterocycles. The van der Waals surface area contributed by atoms with Gasteiger partial charge in [-0.25, -0.2) is 9.59 Å². The van der Waals surface area contributed by atoms with Crippen molar-refractivity contribution >= 4 is 12.1 Å². The first kappa shape index (κ1) is 17.5. The summed E-state index contributed by atoms with van der Waals surface area (Å²) in [5, 5.41) is 13.3. The van der Waals surface area contributed by atoms with Crippen molar-refractivity contribution in [3.8, 4) is 11.1 Å². The molecule has 0 bridgehead atoms. The smallest absolute Gasteiger partial charge is 0.410 e. The maximum absolute atomic E-state index is 12.7. The molecule has 1 N–H and O–H groups in total. The Morgan fingerprint density at radius 2 is 1.69 bits per heavy atom. The van der Waals surface area contributed by atoms with Crippen LogP contribution in [0.4, 0.5) is 4.79 Å². The fourth-order valence-corrected chi connectivity index (χ4v) is 4.38. The van der Waals surface area contributed by atoms with Crippen LogP contribution in [0, 0.1) is 0 Å². The van der Waals surface area contributed by atoms with E-state index in [1.807, 2.05) is 24.3 Å². The van der Waals surface area contributed by atoms with E-state index in [0.29, 0.717) is 12.1 Å². The van der Waals surface area contributed by atoms with Crippen molar-refractivity contribution in [3.63, 3.8) is 0 Å². The topological polar surface area (TPSA) is 84.7 Å². The van der Waals surface area contributed by atoms with Gasteiger partial charge in [0.25, 0.3) is 0 Å². The fourth-order valence-electron chi connectivity index (χ4n) is 4.38. The van der Waals surface area contributed by atoms with Gasteiger partial charge in [0, 0.05) is 18.5 Å². The van der Waals surface area contributed by atoms with E-state index in [1.165, 1.54) is 20.7 Å². The zero-order valence-electron chi connectivity index (χ0n) is 15.8.